The summed E-state index contributed by atoms with van der Waals surface area (Å²) in [5, 5.41) is 4.97. The smallest absolute Gasteiger partial charge is 0.410 e. The maximum Gasteiger partial charge on any atom is 0.414 e. The molecule has 0 aromatic heterocycles. The first-order valence-electron chi connectivity index (χ1n) is 7.83. The maximum atomic E-state index is 12.5. The number of anilines is 1. The van der Waals surface area contributed by atoms with Crippen LogP contribution in [-0.4, -0.2) is 31.0 Å². The van der Waals surface area contributed by atoms with Crippen molar-refractivity contribution in [2.24, 2.45) is 0 Å². The summed E-state index contributed by atoms with van der Waals surface area (Å²) in [6.07, 6.45) is -0.465. The third-order valence-corrected chi connectivity index (χ3v) is 3.72. The van der Waals surface area contributed by atoms with Crippen LogP contribution in [0.1, 0.15) is 10.4 Å². The van der Waals surface area contributed by atoms with E-state index in [1.165, 1.54) is 4.90 Å². The van der Waals surface area contributed by atoms with Gasteiger partial charge in [0.25, 0.3) is 5.91 Å². The van der Waals surface area contributed by atoms with E-state index in [9.17, 15) is 9.59 Å². The highest BCUT2D eigenvalue weighted by Gasteiger charge is 2.10. The minimum absolute atomic E-state index is 0.221. The largest absolute Gasteiger partial charge is 0.414 e. The number of nitrogens with one attached hydrogen (secondary N) is 1. The van der Waals surface area contributed by atoms with Gasteiger partial charge in [-0.2, -0.15) is 0 Å². The molecule has 1 N–H and O–H groups in total. The minimum atomic E-state index is -0.465. The number of hydrogen-bond donors (Lipinski definition) is 1. The number of rotatable bonds is 3. The molecule has 0 radical (unpaired) electrons. The van der Waals surface area contributed by atoms with Gasteiger partial charge in [0.05, 0.1) is 0 Å². The molecule has 0 saturated carbocycles. The van der Waals surface area contributed by atoms with Gasteiger partial charge in [0.2, 0.25) is 0 Å². The monoisotopic (exact) mass is 334 g/mol. The summed E-state index contributed by atoms with van der Waals surface area (Å²) in [7, 11) is 3.21. The standard InChI is InChI=1S/C20H18N2O3/c1-22(2)20(24)25-16-12-10-15(11-13-16)19(23)21-18-9-5-7-14-6-3-4-8-17(14)18/h3-13H,1-2H3,(H,21,23). The van der Waals surface area contributed by atoms with Gasteiger partial charge in [-0.25, -0.2) is 4.79 Å². The average molecular weight is 334 g/mol. The van der Waals surface area contributed by atoms with Crippen LogP contribution in [0.3, 0.4) is 0 Å². The van der Waals surface area contributed by atoms with Crippen molar-refractivity contribution in [2.45, 2.75) is 0 Å². The fourth-order valence-corrected chi connectivity index (χ4v) is 2.40. The van der Waals surface area contributed by atoms with Gasteiger partial charge in [0.1, 0.15) is 5.75 Å². The van der Waals surface area contributed by atoms with Crippen LogP contribution < -0.4 is 10.1 Å². The second kappa shape index (κ2) is 7.05. The number of amides is 2. The van der Waals surface area contributed by atoms with Crippen LogP contribution in [0.25, 0.3) is 10.8 Å². The second-order valence-electron chi connectivity index (χ2n) is 5.77. The summed E-state index contributed by atoms with van der Waals surface area (Å²) in [5.74, 6) is 0.169. The molecule has 3 rings (SSSR count). The van der Waals surface area contributed by atoms with Crippen molar-refractivity contribution >= 4 is 28.5 Å². The van der Waals surface area contributed by atoms with Crippen molar-refractivity contribution in [3.05, 3.63) is 72.3 Å². The predicted molar refractivity (Wildman–Crippen MR) is 98.1 cm³/mol. The Morgan fingerprint density at radius 2 is 1.56 bits per heavy atom. The molecule has 0 saturated heterocycles. The summed E-state index contributed by atoms with van der Waals surface area (Å²) >= 11 is 0. The van der Waals surface area contributed by atoms with Gasteiger partial charge in [-0.05, 0) is 35.7 Å². The minimum Gasteiger partial charge on any atom is -0.410 e. The lowest BCUT2D eigenvalue weighted by Gasteiger charge is -2.11. The predicted octanol–water partition coefficient (Wildman–Crippen LogP) is 4.15. The van der Waals surface area contributed by atoms with Crippen LogP contribution >= 0.6 is 0 Å². The molecule has 0 fully saturated rings. The number of hydrogen-bond acceptors (Lipinski definition) is 3. The first-order chi connectivity index (χ1) is 12.0. The molecule has 3 aromatic rings. The molecule has 25 heavy (non-hydrogen) atoms. The van der Waals surface area contributed by atoms with Crippen molar-refractivity contribution in [2.75, 3.05) is 19.4 Å². The van der Waals surface area contributed by atoms with Crippen molar-refractivity contribution in [1.29, 1.82) is 0 Å². The number of carbonyl (C=O) groups excluding carboxylic acids is 2. The molecule has 0 atom stereocenters. The first-order valence-corrected chi connectivity index (χ1v) is 7.83. The van der Waals surface area contributed by atoms with E-state index in [0.717, 1.165) is 16.5 Å². The van der Waals surface area contributed by atoms with Crippen LogP contribution in [0.15, 0.2) is 66.7 Å². The summed E-state index contributed by atoms with van der Waals surface area (Å²) in [5.41, 5.74) is 1.24. The van der Waals surface area contributed by atoms with E-state index in [4.69, 9.17) is 4.74 Å². The van der Waals surface area contributed by atoms with Crippen LogP contribution in [0.5, 0.6) is 5.75 Å². The third kappa shape index (κ3) is 3.77. The van der Waals surface area contributed by atoms with E-state index in [2.05, 4.69) is 5.32 Å². The topological polar surface area (TPSA) is 58.6 Å². The Morgan fingerprint density at radius 1 is 0.880 bits per heavy atom. The van der Waals surface area contributed by atoms with Gasteiger partial charge in [0, 0.05) is 30.7 Å². The van der Waals surface area contributed by atoms with Gasteiger partial charge in [0.15, 0.2) is 0 Å². The lowest BCUT2D eigenvalue weighted by molar-refractivity contribution is 0.102. The highest BCUT2D eigenvalue weighted by molar-refractivity contribution is 6.09. The lowest BCUT2D eigenvalue weighted by Crippen LogP contribution is -2.25. The van der Waals surface area contributed by atoms with Crippen molar-refractivity contribution < 1.29 is 14.3 Å². The Labute approximate surface area is 145 Å². The highest BCUT2D eigenvalue weighted by Crippen LogP contribution is 2.23. The van der Waals surface area contributed by atoms with Crippen LogP contribution in [0, 0.1) is 0 Å². The van der Waals surface area contributed by atoms with E-state index < -0.39 is 6.09 Å². The number of nitrogens with zero attached hydrogens (tertiary/aromatic N) is 1. The van der Waals surface area contributed by atoms with Crippen LogP contribution in [0.4, 0.5) is 10.5 Å². The SMILES string of the molecule is CN(C)C(=O)Oc1ccc(C(=O)Nc2cccc3ccccc23)cc1. The van der Waals surface area contributed by atoms with E-state index in [0.29, 0.717) is 11.3 Å². The lowest BCUT2D eigenvalue weighted by atomic mass is 10.1. The summed E-state index contributed by atoms with van der Waals surface area (Å²) in [4.78, 5) is 25.3. The van der Waals surface area contributed by atoms with E-state index in [-0.39, 0.29) is 5.91 Å². The Balaban J connectivity index is 1.76. The highest BCUT2D eigenvalue weighted by atomic mass is 16.6. The van der Waals surface area contributed by atoms with Gasteiger partial charge < -0.3 is 15.0 Å². The summed E-state index contributed by atoms with van der Waals surface area (Å²) in [6, 6.07) is 20.1. The van der Waals surface area contributed by atoms with Crippen LogP contribution in [0.2, 0.25) is 0 Å². The summed E-state index contributed by atoms with van der Waals surface area (Å²) < 4.78 is 5.14. The maximum absolute atomic E-state index is 12.5. The molecule has 5 nitrogen and oxygen atoms in total. The second-order valence-corrected chi connectivity index (χ2v) is 5.77. The Morgan fingerprint density at radius 3 is 2.28 bits per heavy atom. The van der Waals surface area contributed by atoms with Crippen LogP contribution in [-0.2, 0) is 0 Å². The number of benzene rings is 3. The van der Waals surface area contributed by atoms with Crippen molar-refractivity contribution in [3.63, 3.8) is 0 Å². The Bertz CT molecular complexity index is 912. The molecule has 0 bridgehead atoms. The van der Waals surface area contributed by atoms with Gasteiger partial charge >= 0.3 is 6.09 Å². The molecule has 0 aliphatic heterocycles. The number of ether oxygens (including phenoxy) is 1. The molecule has 0 spiro atoms. The number of fused-ring (bicyclic) bond motifs is 1. The quantitative estimate of drug-likeness (QED) is 0.783. The molecule has 3 aromatic carbocycles. The van der Waals surface area contributed by atoms with Gasteiger partial charge in [-0.1, -0.05) is 36.4 Å². The fraction of sp³-hybridized carbons (Fsp3) is 0.100. The number of carbonyl (C=O) groups is 2. The van der Waals surface area contributed by atoms with Crippen molar-refractivity contribution in [1.82, 2.24) is 4.90 Å². The fourth-order valence-electron chi connectivity index (χ4n) is 2.40. The van der Waals surface area contributed by atoms with E-state index >= 15 is 0 Å². The van der Waals surface area contributed by atoms with Gasteiger partial charge in [-0.3, -0.25) is 4.79 Å². The molecule has 0 unspecified atom stereocenters. The third-order valence-electron chi connectivity index (χ3n) is 3.72. The average Bonchev–Trinajstić information content (AvgIpc) is 2.62. The molecule has 2 amide bonds. The molecular formula is C20H18N2O3. The zero-order chi connectivity index (χ0) is 17.8. The molecule has 126 valence electrons. The first kappa shape index (κ1) is 16.5. The molecule has 5 heteroatoms. The molecule has 0 heterocycles. The normalized spacial score (nSPS) is 10.3. The zero-order valence-electron chi connectivity index (χ0n) is 14.0. The Kier molecular flexibility index (Phi) is 4.66. The molecular weight excluding hydrogens is 316 g/mol. The van der Waals surface area contributed by atoms with E-state index in [1.807, 2.05) is 42.5 Å². The van der Waals surface area contributed by atoms with Gasteiger partial charge in [-0.15, -0.1) is 0 Å². The molecule has 0 aliphatic rings. The Hall–Kier alpha value is -3.34. The van der Waals surface area contributed by atoms with Crippen molar-refractivity contribution in [3.8, 4) is 5.75 Å². The summed E-state index contributed by atoms with van der Waals surface area (Å²) in [6.45, 7) is 0. The zero-order valence-corrected chi connectivity index (χ0v) is 14.0. The van der Waals surface area contributed by atoms with E-state index in [1.54, 1.807) is 38.4 Å². The molecule has 0 aliphatic carbocycles.